The van der Waals surface area contributed by atoms with Gasteiger partial charge >= 0.3 is 0 Å². The SMILES string of the molecule is c1cn(CC2CCCCN2)c(C2CC2)n1. The van der Waals surface area contributed by atoms with E-state index in [0.29, 0.717) is 6.04 Å². The summed E-state index contributed by atoms with van der Waals surface area (Å²) in [5.41, 5.74) is 0. The Morgan fingerprint density at radius 3 is 3.00 bits per heavy atom. The van der Waals surface area contributed by atoms with Gasteiger partial charge in [0, 0.05) is 30.9 Å². The van der Waals surface area contributed by atoms with Crippen LogP contribution in [-0.4, -0.2) is 22.1 Å². The molecule has 3 rings (SSSR count). The molecule has 82 valence electrons. The normalized spacial score (nSPS) is 26.8. The van der Waals surface area contributed by atoms with Crippen molar-refractivity contribution in [2.45, 2.75) is 50.6 Å². The van der Waals surface area contributed by atoms with Crippen molar-refractivity contribution in [1.29, 1.82) is 0 Å². The van der Waals surface area contributed by atoms with Crippen molar-refractivity contribution >= 4 is 0 Å². The Morgan fingerprint density at radius 2 is 2.27 bits per heavy atom. The Morgan fingerprint density at radius 1 is 1.33 bits per heavy atom. The molecule has 2 aliphatic rings. The van der Waals surface area contributed by atoms with E-state index >= 15 is 0 Å². The number of hydrogen-bond acceptors (Lipinski definition) is 2. The van der Waals surface area contributed by atoms with Crippen molar-refractivity contribution in [1.82, 2.24) is 14.9 Å². The predicted molar refractivity (Wildman–Crippen MR) is 59.8 cm³/mol. The third-order valence-corrected chi connectivity index (χ3v) is 3.52. The zero-order valence-corrected chi connectivity index (χ0v) is 9.15. The minimum absolute atomic E-state index is 0.672. The molecule has 1 atom stereocenters. The highest BCUT2D eigenvalue weighted by atomic mass is 15.1. The minimum atomic E-state index is 0.672. The topological polar surface area (TPSA) is 29.9 Å². The van der Waals surface area contributed by atoms with E-state index in [2.05, 4.69) is 21.1 Å². The van der Waals surface area contributed by atoms with Crippen LogP contribution in [0, 0.1) is 0 Å². The number of nitrogens with one attached hydrogen (secondary N) is 1. The maximum atomic E-state index is 4.48. The van der Waals surface area contributed by atoms with E-state index in [-0.39, 0.29) is 0 Å². The van der Waals surface area contributed by atoms with Crippen LogP contribution in [0.25, 0.3) is 0 Å². The lowest BCUT2D eigenvalue weighted by Crippen LogP contribution is -2.37. The van der Waals surface area contributed by atoms with Crippen molar-refractivity contribution in [3.05, 3.63) is 18.2 Å². The van der Waals surface area contributed by atoms with Crippen LogP contribution in [0.15, 0.2) is 12.4 Å². The van der Waals surface area contributed by atoms with Gasteiger partial charge in [-0.15, -0.1) is 0 Å². The van der Waals surface area contributed by atoms with Crippen LogP contribution >= 0.6 is 0 Å². The monoisotopic (exact) mass is 205 g/mol. The van der Waals surface area contributed by atoms with Crippen LogP contribution in [0.5, 0.6) is 0 Å². The van der Waals surface area contributed by atoms with Gasteiger partial charge in [0.25, 0.3) is 0 Å². The second-order valence-electron chi connectivity index (χ2n) is 4.86. The number of nitrogens with zero attached hydrogens (tertiary/aromatic N) is 2. The van der Waals surface area contributed by atoms with Gasteiger partial charge in [-0.05, 0) is 32.2 Å². The zero-order chi connectivity index (χ0) is 10.1. The van der Waals surface area contributed by atoms with E-state index in [1.54, 1.807) is 0 Å². The van der Waals surface area contributed by atoms with Crippen LogP contribution in [-0.2, 0) is 6.54 Å². The average Bonchev–Trinajstić information content (AvgIpc) is 3.02. The van der Waals surface area contributed by atoms with Crippen molar-refractivity contribution < 1.29 is 0 Å². The fraction of sp³-hybridized carbons (Fsp3) is 0.750. The average molecular weight is 205 g/mol. The summed E-state index contributed by atoms with van der Waals surface area (Å²) in [5, 5.41) is 3.60. The van der Waals surface area contributed by atoms with Gasteiger partial charge in [-0.2, -0.15) is 0 Å². The molecule has 0 aromatic carbocycles. The van der Waals surface area contributed by atoms with Crippen molar-refractivity contribution in [3.63, 3.8) is 0 Å². The third-order valence-electron chi connectivity index (χ3n) is 3.52. The quantitative estimate of drug-likeness (QED) is 0.817. The van der Waals surface area contributed by atoms with Crippen LogP contribution < -0.4 is 5.32 Å². The molecule has 0 radical (unpaired) electrons. The Labute approximate surface area is 90.9 Å². The second-order valence-corrected chi connectivity index (χ2v) is 4.86. The van der Waals surface area contributed by atoms with E-state index < -0.39 is 0 Å². The van der Waals surface area contributed by atoms with Gasteiger partial charge in [-0.3, -0.25) is 0 Å². The molecule has 3 heteroatoms. The summed E-state index contributed by atoms with van der Waals surface area (Å²) in [6.07, 6.45) is 10.8. The number of rotatable bonds is 3. The first-order valence-electron chi connectivity index (χ1n) is 6.18. The van der Waals surface area contributed by atoms with E-state index in [1.807, 2.05) is 6.20 Å². The fourth-order valence-corrected chi connectivity index (χ4v) is 2.49. The summed E-state index contributed by atoms with van der Waals surface area (Å²) in [7, 11) is 0. The van der Waals surface area contributed by atoms with Gasteiger partial charge in [0.2, 0.25) is 0 Å². The molecule has 1 unspecified atom stereocenters. The molecule has 1 aromatic heterocycles. The van der Waals surface area contributed by atoms with Crippen LogP contribution in [0.4, 0.5) is 0 Å². The summed E-state index contributed by atoms with van der Waals surface area (Å²) in [6.45, 7) is 2.31. The van der Waals surface area contributed by atoms with Crippen molar-refractivity contribution in [2.24, 2.45) is 0 Å². The van der Waals surface area contributed by atoms with Crippen molar-refractivity contribution in [3.8, 4) is 0 Å². The molecular weight excluding hydrogens is 186 g/mol. The molecule has 1 aliphatic carbocycles. The fourth-order valence-electron chi connectivity index (χ4n) is 2.49. The summed E-state index contributed by atoms with van der Waals surface area (Å²) >= 11 is 0. The minimum Gasteiger partial charge on any atom is -0.333 e. The zero-order valence-electron chi connectivity index (χ0n) is 9.15. The first-order chi connectivity index (χ1) is 7.43. The number of imidazole rings is 1. The Balaban J connectivity index is 1.67. The molecule has 0 bridgehead atoms. The van der Waals surface area contributed by atoms with Crippen LogP contribution in [0.1, 0.15) is 43.8 Å². The third kappa shape index (κ3) is 2.07. The van der Waals surface area contributed by atoms with Gasteiger partial charge in [-0.1, -0.05) is 6.42 Å². The van der Waals surface area contributed by atoms with E-state index in [0.717, 1.165) is 12.5 Å². The van der Waals surface area contributed by atoms with E-state index in [9.17, 15) is 0 Å². The van der Waals surface area contributed by atoms with Gasteiger partial charge in [-0.25, -0.2) is 4.98 Å². The summed E-state index contributed by atoms with van der Waals surface area (Å²) in [6, 6.07) is 0.672. The summed E-state index contributed by atoms with van der Waals surface area (Å²) < 4.78 is 2.36. The lowest BCUT2D eigenvalue weighted by atomic mass is 10.1. The number of piperidine rings is 1. The molecular formula is C12H19N3. The van der Waals surface area contributed by atoms with Crippen LogP contribution in [0.2, 0.25) is 0 Å². The standard InChI is InChI=1S/C12H19N3/c1-2-6-13-11(3-1)9-15-8-7-14-12(15)10-4-5-10/h7-8,10-11,13H,1-6,9H2. The molecule has 1 saturated carbocycles. The Bertz CT molecular complexity index is 321. The highest BCUT2D eigenvalue weighted by molar-refractivity contribution is 5.07. The Hall–Kier alpha value is -0.830. The smallest absolute Gasteiger partial charge is 0.111 e. The van der Waals surface area contributed by atoms with Crippen molar-refractivity contribution in [2.75, 3.05) is 6.54 Å². The summed E-state index contributed by atoms with van der Waals surface area (Å²) in [5.74, 6) is 2.09. The number of aromatic nitrogens is 2. The molecule has 1 aromatic rings. The van der Waals surface area contributed by atoms with E-state index in [1.165, 1.54) is 44.5 Å². The number of hydrogen-bond donors (Lipinski definition) is 1. The van der Waals surface area contributed by atoms with E-state index in [4.69, 9.17) is 0 Å². The predicted octanol–water partition coefficient (Wildman–Crippen LogP) is 1.90. The molecule has 2 fully saturated rings. The molecule has 2 heterocycles. The van der Waals surface area contributed by atoms with Gasteiger partial charge in [0.1, 0.15) is 5.82 Å². The molecule has 15 heavy (non-hydrogen) atoms. The lowest BCUT2D eigenvalue weighted by molar-refractivity contribution is 0.359. The first kappa shape index (κ1) is 9.40. The lowest BCUT2D eigenvalue weighted by Gasteiger charge is -2.24. The molecule has 1 N–H and O–H groups in total. The van der Waals surface area contributed by atoms with Gasteiger partial charge in [0.05, 0.1) is 0 Å². The molecule has 1 aliphatic heterocycles. The first-order valence-corrected chi connectivity index (χ1v) is 6.18. The highest BCUT2D eigenvalue weighted by Crippen LogP contribution is 2.39. The molecule has 0 spiro atoms. The Kier molecular flexibility index (Phi) is 2.49. The maximum absolute atomic E-state index is 4.48. The maximum Gasteiger partial charge on any atom is 0.111 e. The summed E-state index contributed by atoms with van der Waals surface area (Å²) in [4.78, 5) is 4.48. The van der Waals surface area contributed by atoms with Gasteiger partial charge < -0.3 is 9.88 Å². The molecule has 0 amide bonds. The molecule has 1 saturated heterocycles. The second kappa shape index (κ2) is 3.97. The largest absolute Gasteiger partial charge is 0.333 e. The van der Waals surface area contributed by atoms with Crippen LogP contribution in [0.3, 0.4) is 0 Å². The highest BCUT2D eigenvalue weighted by Gasteiger charge is 2.28. The molecule has 3 nitrogen and oxygen atoms in total. The van der Waals surface area contributed by atoms with Gasteiger partial charge in [0.15, 0.2) is 0 Å².